The SMILES string of the molecule is CCC(NC(C)CN(CC)CC)c1ccc(OC)cc1. The van der Waals surface area contributed by atoms with E-state index in [2.05, 4.69) is 50.0 Å². The third-order valence-electron chi connectivity index (χ3n) is 3.84. The smallest absolute Gasteiger partial charge is 0.118 e. The molecule has 0 aliphatic rings. The van der Waals surface area contributed by atoms with E-state index in [1.807, 2.05) is 12.1 Å². The Labute approximate surface area is 124 Å². The first-order chi connectivity index (χ1) is 9.64. The molecule has 1 rings (SSSR count). The van der Waals surface area contributed by atoms with Crippen LogP contribution in [0.1, 0.15) is 45.7 Å². The van der Waals surface area contributed by atoms with Crippen LogP contribution in [0, 0.1) is 0 Å². The van der Waals surface area contributed by atoms with Crippen LogP contribution in [0.5, 0.6) is 5.75 Å². The fraction of sp³-hybridized carbons (Fsp3) is 0.647. The summed E-state index contributed by atoms with van der Waals surface area (Å²) in [5.41, 5.74) is 1.33. The van der Waals surface area contributed by atoms with E-state index < -0.39 is 0 Å². The van der Waals surface area contributed by atoms with Gasteiger partial charge in [-0.3, -0.25) is 0 Å². The summed E-state index contributed by atoms with van der Waals surface area (Å²) in [6.45, 7) is 12.3. The molecule has 1 aromatic rings. The maximum Gasteiger partial charge on any atom is 0.118 e. The number of ether oxygens (including phenoxy) is 1. The minimum absolute atomic E-state index is 0.409. The van der Waals surface area contributed by atoms with Crippen molar-refractivity contribution >= 4 is 0 Å². The van der Waals surface area contributed by atoms with Crippen LogP contribution in [-0.2, 0) is 0 Å². The van der Waals surface area contributed by atoms with E-state index in [0.717, 1.165) is 31.8 Å². The van der Waals surface area contributed by atoms with Crippen LogP contribution >= 0.6 is 0 Å². The zero-order valence-electron chi connectivity index (χ0n) is 13.6. The summed E-state index contributed by atoms with van der Waals surface area (Å²) in [5.74, 6) is 0.916. The van der Waals surface area contributed by atoms with Gasteiger partial charge in [-0.15, -0.1) is 0 Å². The van der Waals surface area contributed by atoms with Crippen molar-refractivity contribution in [2.75, 3.05) is 26.7 Å². The molecule has 20 heavy (non-hydrogen) atoms. The van der Waals surface area contributed by atoms with Crippen molar-refractivity contribution in [1.29, 1.82) is 0 Å². The van der Waals surface area contributed by atoms with Crippen LogP contribution < -0.4 is 10.1 Å². The molecule has 0 bridgehead atoms. The van der Waals surface area contributed by atoms with Gasteiger partial charge in [0, 0.05) is 18.6 Å². The summed E-state index contributed by atoms with van der Waals surface area (Å²) in [6.07, 6.45) is 1.09. The van der Waals surface area contributed by atoms with Crippen molar-refractivity contribution in [3.63, 3.8) is 0 Å². The van der Waals surface area contributed by atoms with Gasteiger partial charge in [0.15, 0.2) is 0 Å². The van der Waals surface area contributed by atoms with Crippen molar-refractivity contribution in [3.8, 4) is 5.75 Å². The molecule has 0 saturated carbocycles. The lowest BCUT2D eigenvalue weighted by atomic mass is 10.0. The first kappa shape index (κ1) is 17.0. The third-order valence-corrected chi connectivity index (χ3v) is 3.84. The Morgan fingerprint density at radius 3 is 2.15 bits per heavy atom. The Morgan fingerprint density at radius 2 is 1.70 bits per heavy atom. The van der Waals surface area contributed by atoms with Crippen molar-refractivity contribution in [2.45, 2.75) is 46.2 Å². The van der Waals surface area contributed by atoms with Gasteiger partial charge in [0.1, 0.15) is 5.75 Å². The number of hydrogen-bond donors (Lipinski definition) is 1. The van der Waals surface area contributed by atoms with E-state index in [1.165, 1.54) is 5.56 Å². The fourth-order valence-electron chi connectivity index (χ4n) is 2.55. The zero-order chi connectivity index (χ0) is 15.0. The molecule has 0 fully saturated rings. The fourth-order valence-corrected chi connectivity index (χ4v) is 2.55. The molecule has 0 heterocycles. The van der Waals surface area contributed by atoms with Crippen molar-refractivity contribution in [2.24, 2.45) is 0 Å². The molecule has 0 aliphatic carbocycles. The second-order valence-corrected chi connectivity index (χ2v) is 5.29. The number of benzene rings is 1. The molecule has 1 N–H and O–H groups in total. The van der Waals surface area contributed by atoms with Crippen LogP contribution in [-0.4, -0.2) is 37.7 Å². The van der Waals surface area contributed by atoms with Gasteiger partial charge < -0.3 is 15.0 Å². The summed E-state index contributed by atoms with van der Waals surface area (Å²) < 4.78 is 5.22. The molecule has 0 aliphatic heterocycles. The van der Waals surface area contributed by atoms with Gasteiger partial charge in [-0.05, 0) is 44.1 Å². The normalized spacial score (nSPS) is 14.3. The van der Waals surface area contributed by atoms with Crippen LogP contribution in [0.25, 0.3) is 0 Å². The molecular formula is C17H30N2O. The van der Waals surface area contributed by atoms with E-state index in [-0.39, 0.29) is 0 Å². The van der Waals surface area contributed by atoms with Crippen LogP contribution in [0.2, 0.25) is 0 Å². The Bertz CT molecular complexity index is 360. The molecule has 0 saturated heterocycles. The van der Waals surface area contributed by atoms with Gasteiger partial charge in [-0.2, -0.15) is 0 Å². The van der Waals surface area contributed by atoms with E-state index in [9.17, 15) is 0 Å². The lowest BCUT2D eigenvalue weighted by molar-refractivity contribution is 0.260. The molecule has 3 nitrogen and oxygen atoms in total. The minimum Gasteiger partial charge on any atom is -0.497 e. The largest absolute Gasteiger partial charge is 0.497 e. The summed E-state index contributed by atoms with van der Waals surface area (Å²) in [6, 6.07) is 9.28. The molecule has 0 amide bonds. The number of likely N-dealkylation sites (N-methyl/N-ethyl adjacent to an activating group) is 1. The van der Waals surface area contributed by atoms with Gasteiger partial charge in [0.25, 0.3) is 0 Å². The number of hydrogen-bond acceptors (Lipinski definition) is 3. The Kier molecular flexibility index (Phi) is 7.63. The monoisotopic (exact) mass is 278 g/mol. The highest BCUT2D eigenvalue weighted by molar-refractivity contribution is 5.29. The third kappa shape index (κ3) is 5.14. The Hall–Kier alpha value is -1.06. The predicted molar refractivity (Wildman–Crippen MR) is 86.4 cm³/mol. The first-order valence-corrected chi connectivity index (χ1v) is 7.76. The van der Waals surface area contributed by atoms with Crippen molar-refractivity contribution in [1.82, 2.24) is 10.2 Å². The average molecular weight is 278 g/mol. The summed E-state index contributed by atoms with van der Waals surface area (Å²) >= 11 is 0. The molecule has 0 spiro atoms. The second kappa shape index (κ2) is 8.98. The van der Waals surface area contributed by atoms with Crippen LogP contribution in [0.15, 0.2) is 24.3 Å². The van der Waals surface area contributed by atoms with Crippen LogP contribution in [0.4, 0.5) is 0 Å². The highest BCUT2D eigenvalue weighted by Gasteiger charge is 2.14. The molecule has 114 valence electrons. The van der Waals surface area contributed by atoms with Gasteiger partial charge in [0.05, 0.1) is 7.11 Å². The Balaban J connectivity index is 2.61. The highest BCUT2D eigenvalue weighted by atomic mass is 16.5. The molecule has 3 heteroatoms. The van der Waals surface area contributed by atoms with Gasteiger partial charge in [-0.1, -0.05) is 32.9 Å². The lowest BCUT2D eigenvalue weighted by Crippen LogP contribution is -2.40. The van der Waals surface area contributed by atoms with Crippen molar-refractivity contribution < 1.29 is 4.74 Å². The summed E-state index contributed by atoms with van der Waals surface area (Å²) in [5, 5.41) is 3.74. The maximum absolute atomic E-state index is 5.22. The van der Waals surface area contributed by atoms with Crippen LogP contribution in [0.3, 0.4) is 0 Å². The standard InChI is InChI=1S/C17H30N2O/c1-6-17(15-9-11-16(20-5)12-10-15)18-14(4)13-19(7-2)8-3/h9-12,14,17-18H,6-8,13H2,1-5H3. The molecular weight excluding hydrogens is 248 g/mol. The van der Waals surface area contributed by atoms with Gasteiger partial charge in [0.2, 0.25) is 0 Å². The predicted octanol–water partition coefficient (Wildman–Crippen LogP) is 3.47. The molecule has 2 atom stereocenters. The van der Waals surface area contributed by atoms with E-state index in [1.54, 1.807) is 7.11 Å². The summed E-state index contributed by atoms with van der Waals surface area (Å²) in [4.78, 5) is 2.46. The van der Waals surface area contributed by atoms with Gasteiger partial charge in [-0.25, -0.2) is 0 Å². The number of methoxy groups -OCH3 is 1. The quantitative estimate of drug-likeness (QED) is 0.748. The lowest BCUT2D eigenvalue weighted by Gasteiger charge is -2.27. The van der Waals surface area contributed by atoms with E-state index in [0.29, 0.717) is 12.1 Å². The number of rotatable bonds is 9. The minimum atomic E-state index is 0.409. The number of nitrogens with zero attached hydrogens (tertiary/aromatic N) is 1. The maximum atomic E-state index is 5.22. The topological polar surface area (TPSA) is 24.5 Å². The Morgan fingerprint density at radius 1 is 1.10 bits per heavy atom. The highest BCUT2D eigenvalue weighted by Crippen LogP contribution is 2.20. The average Bonchev–Trinajstić information content (AvgIpc) is 2.50. The molecule has 0 aromatic heterocycles. The molecule has 2 unspecified atom stereocenters. The van der Waals surface area contributed by atoms with Crippen molar-refractivity contribution in [3.05, 3.63) is 29.8 Å². The zero-order valence-corrected chi connectivity index (χ0v) is 13.6. The first-order valence-electron chi connectivity index (χ1n) is 7.76. The molecule has 0 radical (unpaired) electrons. The van der Waals surface area contributed by atoms with Gasteiger partial charge >= 0.3 is 0 Å². The number of nitrogens with one attached hydrogen (secondary N) is 1. The van der Waals surface area contributed by atoms with E-state index >= 15 is 0 Å². The molecule has 1 aromatic carbocycles. The second-order valence-electron chi connectivity index (χ2n) is 5.29. The summed E-state index contributed by atoms with van der Waals surface area (Å²) in [7, 11) is 1.71. The van der Waals surface area contributed by atoms with E-state index in [4.69, 9.17) is 4.74 Å².